The van der Waals surface area contributed by atoms with Gasteiger partial charge in [0.1, 0.15) is 0 Å². The Hall–Kier alpha value is -1.85. The normalized spacial score (nSPS) is 10.3. The summed E-state index contributed by atoms with van der Waals surface area (Å²) in [5.74, 6) is -1.04. The molecule has 0 heterocycles. The summed E-state index contributed by atoms with van der Waals surface area (Å²) < 4.78 is 5.96. The molecule has 1 amide bonds. The van der Waals surface area contributed by atoms with Crippen molar-refractivity contribution >= 4 is 45.1 Å². The van der Waals surface area contributed by atoms with Crippen molar-refractivity contribution in [2.75, 3.05) is 11.9 Å². The van der Waals surface area contributed by atoms with E-state index in [4.69, 9.17) is 16.3 Å². The average Bonchev–Trinajstić information content (AvgIpc) is 2.51. The zero-order valence-electron chi connectivity index (χ0n) is 12.7. The van der Waals surface area contributed by atoms with Crippen LogP contribution in [-0.4, -0.2) is 18.5 Å². The monoisotopic (exact) mass is 395 g/mol. The van der Waals surface area contributed by atoms with Gasteiger partial charge in [-0.15, -0.1) is 0 Å². The van der Waals surface area contributed by atoms with Gasteiger partial charge in [0, 0.05) is 10.2 Å². The third-order valence-electron chi connectivity index (χ3n) is 3.21. The van der Waals surface area contributed by atoms with E-state index in [9.17, 15) is 9.59 Å². The molecule has 2 aromatic carbocycles. The zero-order valence-corrected chi connectivity index (χ0v) is 15.0. The SMILES string of the molecule is Cc1cc(NC(=O)COC(=O)c2ccccc2Cl)c(C)cc1Br. The molecule has 2 aromatic rings. The van der Waals surface area contributed by atoms with Gasteiger partial charge in [-0.3, -0.25) is 4.79 Å². The Morgan fingerprint density at radius 2 is 1.87 bits per heavy atom. The molecule has 4 nitrogen and oxygen atoms in total. The standard InChI is InChI=1S/C17H15BrClNO3/c1-10-8-15(11(2)7-13(10)18)20-16(21)9-23-17(22)12-5-3-4-6-14(12)19/h3-8H,9H2,1-2H3,(H,20,21). The van der Waals surface area contributed by atoms with Crippen LogP contribution in [0.4, 0.5) is 5.69 Å². The molecule has 0 bridgehead atoms. The smallest absolute Gasteiger partial charge is 0.340 e. The highest BCUT2D eigenvalue weighted by atomic mass is 79.9. The summed E-state index contributed by atoms with van der Waals surface area (Å²) in [7, 11) is 0. The Morgan fingerprint density at radius 3 is 2.57 bits per heavy atom. The van der Waals surface area contributed by atoms with Crippen LogP contribution in [-0.2, 0) is 9.53 Å². The van der Waals surface area contributed by atoms with Crippen LogP contribution in [0.3, 0.4) is 0 Å². The van der Waals surface area contributed by atoms with Gasteiger partial charge in [-0.05, 0) is 49.2 Å². The van der Waals surface area contributed by atoms with Gasteiger partial charge in [-0.1, -0.05) is 39.7 Å². The van der Waals surface area contributed by atoms with Crippen LogP contribution < -0.4 is 5.32 Å². The number of benzene rings is 2. The van der Waals surface area contributed by atoms with Gasteiger partial charge in [0.05, 0.1) is 10.6 Å². The number of nitrogens with one attached hydrogen (secondary N) is 1. The van der Waals surface area contributed by atoms with Crippen molar-refractivity contribution in [2.24, 2.45) is 0 Å². The lowest BCUT2D eigenvalue weighted by atomic mass is 10.1. The van der Waals surface area contributed by atoms with Gasteiger partial charge in [0.15, 0.2) is 6.61 Å². The largest absolute Gasteiger partial charge is 0.452 e. The van der Waals surface area contributed by atoms with Gasteiger partial charge in [-0.25, -0.2) is 4.79 Å². The van der Waals surface area contributed by atoms with E-state index in [2.05, 4.69) is 21.2 Å². The third kappa shape index (κ3) is 4.56. The predicted octanol–water partition coefficient (Wildman–Crippen LogP) is 4.51. The third-order valence-corrected chi connectivity index (χ3v) is 4.39. The van der Waals surface area contributed by atoms with Crippen LogP contribution in [0.25, 0.3) is 0 Å². The van der Waals surface area contributed by atoms with Crippen LogP contribution in [0.15, 0.2) is 40.9 Å². The van der Waals surface area contributed by atoms with Crippen LogP contribution in [0.5, 0.6) is 0 Å². The zero-order chi connectivity index (χ0) is 17.0. The number of carbonyl (C=O) groups is 2. The molecule has 0 aromatic heterocycles. The number of rotatable bonds is 4. The molecule has 0 spiro atoms. The maximum absolute atomic E-state index is 11.9. The summed E-state index contributed by atoms with van der Waals surface area (Å²) in [6.45, 7) is 3.44. The van der Waals surface area contributed by atoms with Crippen molar-refractivity contribution < 1.29 is 14.3 Å². The molecule has 0 aliphatic rings. The molecule has 120 valence electrons. The maximum atomic E-state index is 11.9. The fourth-order valence-corrected chi connectivity index (χ4v) is 2.61. The van der Waals surface area contributed by atoms with Crippen LogP contribution in [0.1, 0.15) is 21.5 Å². The second kappa shape index (κ2) is 7.62. The van der Waals surface area contributed by atoms with Crippen molar-refractivity contribution in [2.45, 2.75) is 13.8 Å². The molecule has 0 aliphatic carbocycles. The predicted molar refractivity (Wildman–Crippen MR) is 94.0 cm³/mol. The molecule has 0 fully saturated rings. The van der Waals surface area contributed by atoms with Gasteiger partial charge in [-0.2, -0.15) is 0 Å². The Bertz CT molecular complexity index is 761. The van der Waals surface area contributed by atoms with E-state index in [0.29, 0.717) is 5.69 Å². The van der Waals surface area contributed by atoms with Crippen LogP contribution in [0.2, 0.25) is 5.02 Å². The molecular weight excluding hydrogens is 382 g/mol. The van der Waals surface area contributed by atoms with E-state index in [0.717, 1.165) is 15.6 Å². The molecule has 0 aliphatic heterocycles. The van der Waals surface area contributed by atoms with Crippen molar-refractivity contribution in [1.29, 1.82) is 0 Å². The molecule has 0 radical (unpaired) electrons. The number of ether oxygens (including phenoxy) is 1. The first-order chi connectivity index (χ1) is 10.9. The number of hydrogen-bond acceptors (Lipinski definition) is 3. The summed E-state index contributed by atoms with van der Waals surface area (Å²) in [6.07, 6.45) is 0. The average molecular weight is 397 g/mol. The highest BCUT2D eigenvalue weighted by Crippen LogP contribution is 2.24. The summed E-state index contributed by atoms with van der Waals surface area (Å²) in [5.41, 5.74) is 2.83. The number of carbonyl (C=O) groups excluding carboxylic acids is 2. The van der Waals surface area contributed by atoms with Crippen molar-refractivity contribution in [1.82, 2.24) is 0 Å². The first kappa shape index (κ1) is 17.5. The minimum absolute atomic E-state index is 0.234. The molecule has 0 saturated heterocycles. The number of amides is 1. The molecule has 0 unspecified atom stereocenters. The van der Waals surface area contributed by atoms with Gasteiger partial charge < -0.3 is 10.1 Å². The quantitative estimate of drug-likeness (QED) is 0.773. The molecule has 23 heavy (non-hydrogen) atoms. The van der Waals surface area contributed by atoms with E-state index in [-0.39, 0.29) is 17.2 Å². The summed E-state index contributed by atoms with van der Waals surface area (Å²) in [6, 6.07) is 10.3. The maximum Gasteiger partial charge on any atom is 0.340 e. The molecular formula is C17H15BrClNO3. The second-order valence-corrected chi connectivity index (χ2v) is 6.28. The van der Waals surface area contributed by atoms with Gasteiger partial charge in [0.2, 0.25) is 0 Å². The summed E-state index contributed by atoms with van der Waals surface area (Å²) >= 11 is 9.35. The number of hydrogen-bond donors (Lipinski definition) is 1. The van der Waals surface area contributed by atoms with Gasteiger partial charge >= 0.3 is 5.97 Å². The Morgan fingerprint density at radius 1 is 1.17 bits per heavy atom. The Kier molecular flexibility index (Phi) is 5.80. The van der Waals surface area contributed by atoms with E-state index < -0.39 is 11.9 Å². The molecule has 6 heteroatoms. The van der Waals surface area contributed by atoms with Crippen molar-refractivity contribution in [3.05, 3.63) is 62.6 Å². The number of aryl methyl sites for hydroxylation is 2. The number of halogens is 2. The lowest BCUT2D eigenvalue weighted by Crippen LogP contribution is -2.21. The minimum atomic E-state index is -0.630. The Labute approximate surface area is 147 Å². The molecule has 2 rings (SSSR count). The van der Waals surface area contributed by atoms with Crippen LogP contribution in [0, 0.1) is 13.8 Å². The van der Waals surface area contributed by atoms with Crippen molar-refractivity contribution in [3.8, 4) is 0 Å². The van der Waals surface area contributed by atoms with E-state index in [1.54, 1.807) is 24.3 Å². The van der Waals surface area contributed by atoms with Gasteiger partial charge in [0.25, 0.3) is 5.91 Å². The highest BCUT2D eigenvalue weighted by Gasteiger charge is 2.14. The van der Waals surface area contributed by atoms with Crippen molar-refractivity contribution in [3.63, 3.8) is 0 Å². The molecule has 1 N–H and O–H groups in total. The first-order valence-electron chi connectivity index (χ1n) is 6.86. The van der Waals surface area contributed by atoms with E-state index >= 15 is 0 Å². The lowest BCUT2D eigenvalue weighted by molar-refractivity contribution is -0.119. The second-order valence-electron chi connectivity index (χ2n) is 5.02. The van der Waals surface area contributed by atoms with E-state index in [1.165, 1.54) is 0 Å². The molecule has 0 atom stereocenters. The lowest BCUT2D eigenvalue weighted by Gasteiger charge is -2.11. The number of esters is 1. The topological polar surface area (TPSA) is 55.4 Å². The molecule has 0 saturated carbocycles. The summed E-state index contributed by atoms with van der Waals surface area (Å²) in [5, 5.41) is 3.02. The minimum Gasteiger partial charge on any atom is -0.452 e. The summed E-state index contributed by atoms with van der Waals surface area (Å²) in [4.78, 5) is 23.8. The van der Waals surface area contributed by atoms with E-state index in [1.807, 2.05) is 26.0 Å². The first-order valence-corrected chi connectivity index (χ1v) is 8.04. The fraction of sp³-hybridized carbons (Fsp3) is 0.176. The van der Waals surface area contributed by atoms with Crippen LogP contribution >= 0.6 is 27.5 Å². The highest BCUT2D eigenvalue weighted by molar-refractivity contribution is 9.10. The Balaban J connectivity index is 1.97. The fourth-order valence-electron chi connectivity index (χ4n) is 1.94. The number of anilines is 1.